The van der Waals surface area contributed by atoms with E-state index in [4.69, 9.17) is 10.5 Å². The average Bonchev–Trinajstić information content (AvgIpc) is 2.75. The topological polar surface area (TPSA) is 70.1 Å². The SMILES string of the molecule is Cc1nccn1CCOC(=O)c1cccc(N)c1. The standard InChI is InChI=1S/C13H15N3O2/c1-10-15-5-6-16(10)7-8-18-13(17)11-3-2-4-12(14)9-11/h2-6,9H,7-8,14H2,1H3. The number of carbonyl (C=O) groups excluding carboxylic acids is 1. The Morgan fingerprint density at radius 3 is 3.00 bits per heavy atom. The van der Waals surface area contributed by atoms with Gasteiger partial charge in [0.2, 0.25) is 0 Å². The number of esters is 1. The molecule has 5 heteroatoms. The Balaban J connectivity index is 1.87. The number of ether oxygens (including phenoxy) is 1. The van der Waals surface area contributed by atoms with Gasteiger partial charge in [-0.05, 0) is 25.1 Å². The molecule has 1 heterocycles. The van der Waals surface area contributed by atoms with Crippen molar-refractivity contribution in [3.8, 4) is 0 Å². The molecule has 0 bridgehead atoms. The van der Waals surface area contributed by atoms with Crippen LogP contribution in [0.25, 0.3) is 0 Å². The van der Waals surface area contributed by atoms with Gasteiger partial charge in [0.25, 0.3) is 0 Å². The molecule has 0 atom stereocenters. The number of nitrogens with zero attached hydrogens (tertiary/aromatic N) is 2. The van der Waals surface area contributed by atoms with Gasteiger partial charge in [0, 0.05) is 18.1 Å². The van der Waals surface area contributed by atoms with Gasteiger partial charge in [-0.25, -0.2) is 9.78 Å². The molecule has 1 aromatic heterocycles. The minimum Gasteiger partial charge on any atom is -0.460 e. The third-order valence-electron chi connectivity index (χ3n) is 2.61. The fourth-order valence-electron chi connectivity index (χ4n) is 1.63. The second-order valence-electron chi connectivity index (χ2n) is 3.93. The largest absolute Gasteiger partial charge is 0.460 e. The number of hydrogen-bond acceptors (Lipinski definition) is 4. The van der Waals surface area contributed by atoms with Crippen LogP contribution in [0.2, 0.25) is 0 Å². The third kappa shape index (κ3) is 2.88. The van der Waals surface area contributed by atoms with E-state index in [1.807, 2.05) is 17.7 Å². The average molecular weight is 245 g/mol. The fourth-order valence-corrected chi connectivity index (χ4v) is 1.63. The van der Waals surface area contributed by atoms with E-state index in [0.717, 1.165) is 5.82 Å². The molecule has 0 fully saturated rings. The highest BCUT2D eigenvalue weighted by atomic mass is 16.5. The van der Waals surface area contributed by atoms with E-state index in [1.165, 1.54) is 0 Å². The molecular formula is C13H15N3O2. The van der Waals surface area contributed by atoms with Crippen molar-refractivity contribution in [1.82, 2.24) is 9.55 Å². The zero-order valence-corrected chi connectivity index (χ0v) is 10.2. The lowest BCUT2D eigenvalue weighted by Crippen LogP contribution is -2.12. The second kappa shape index (κ2) is 5.35. The highest BCUT2D eigenvalue weighted by molar-refractivity contribution is 5.90. The van der Waals surface area contributed by atoms with Crippen LogP contribution < -0.4 is 5.73 Å². The number of nitrogens with two attached hydrogens (primary N) is 1. The van der Waals surface area contributed by atoms with Crippen LogP contribution in [0, 0.1) is 6.92 Å². The summed E-state index contributed by atoms with van der Waals surface area (Å²) in [6, 6.07) is 6.74. The van der Waals surface area contributed by atoms with E-state index in [2.05, 4.69) is 4.98 Å². The van der Waals surface area contributed by atoms with E-state index in [1.54, 1.807) is 30.5 Å². The predicted molar refractivity (Wildman–Crippen MR) is 68.1 cm³/mol. The van der Waals surface area contributed by atoms with E-state index >= 15 is 0 Å². The maximum atomic E-state index is 11.7. The molecule has 0 radical (unpaired) electrons. The maximum absolute atomic E-state index is 11.7. The van der Waals surface area contributed by atoms with E-state index < -0.39 is 0 Å². The van der Waals surface area contributed by atoms with Crippen LogP contribution in [0.5, 0.6) is 0 Å². The number of carbonyl (C=O) groups is 1. The number of hydrogen-bond donors (Lipinski definition) is 1. The molecule has 0 aliphatic heterocycles. The Morgan fingerprint density at radius 1 is 1.50 bits per heavy atom. The number of aromatic nitrogens is 2. The van der Waals surface area contributed by atoms with Crippen LogP contribution in [-0.2, 0) is 11.3 Å². The van der Waals surface area contributed by atoms with Crippen molar-refractivity contribution in [2.45, 2.75) is 13.5 Å². The normalized spacial score (nSPS) is 10.3. The molecule has 18 heavy (non-hydrogen) atoms. The van der Waals surface area contributed by atoms with Gasteiger partial charge in [0.05, 0.1) is 12.1 Å². The first-order valence-electron chi connectivity index (χ1n) is 5.67. The Bertz CT molecular complexity index is 549. The predicted octanol–water partition coefficient (Wildman–Crippen LogP) is 1.63. The minimum absolute atomic E-state index is 0.310. The molecule has 0 unspecified atom stereocenters. The number of rotatable bonds is 4. The number of anilines is 1. The van der Waals surface area contributed by atoms with Crippen molar-refractivity contribution >= 4 is 11.7 Å². The summed E-state index contributed by atoms with van der Waals surface area (Å²) in [6.07, 6.45) is 3.57. The molecular weight excluding hydrogens is 230 g/mol. The number of benzene rings is 1. The summed E-state index contributed by atoms with van der Waals surface area (Å²) >= 11 is 0. The summed E-state index contributed by atoms with van der Waals surface area (Å²) < 4.78 is 7.09. The van der Waals surface area contributed by atoms with E-state index in [-0.39, 0.29) is 5.97 Å². The molecule has 2 rings (SSSR count). The Hall–Kier alpha value is -2.30. The first kappa shape index (κ1) is 12.2. The van der Waals surface area contributed by atoms with Crippen molar-refractivity contribution in [2.24, 2.45) is 0 Å². The van der Waals surface area contributed by atoms with Crippen LogP contribution in [0.3, 0.4) is 0 Å². The van der Waals surface area contributed by atoms with Gasteiger partial charge < -0.3 is 15.0 Å². The fraction of sp³-hybridized carbons (Fsp3) is 0.231. The molecule has 0 aliphatic rings. The van der Waals surface area contributed by atoms with Crippen molar-refractivity contribution in [2.75, 3.05) is 12.3 Å². The van der Waals surface area contributed by atoms with Crippen molar-refractivity contribution in [3.05, 3.63) is 48.0 Å². The Morgan fingerprint density at radius 2 is 2.33 bits per heavy atom. The molecule has 0 aliphatic carbocycles. The molecule has 2 aromatic rings. The molecule has 1 aromatic carbocycles. The smallest absolute Gasteiger partial charge is 0.338 e. The molecule has 94 valence electrons. The Kier molecular flexibility index (Phi) is 3.62. The molecule has 0 saturated heterocycles. The lowest BCUT2D eigenvalue weighted by molar-refractivity contribution is 0.0490. The minimum atomic E-state index is -0.361. The quantitative estimate of drug-likeness (QED) is 0.656. The highest BCUT2D eigenvalue weighted by Gasteiger charge is 2.07. The zero-order valence-electron chi connectivity index (χ0n) is 10.2. The first-order valence-corrected chi connectivity index (χ1v) is 5.67. The highest BCUT2D eigenvalue weighted by Crippen LogP contribution is 2.08. The van der Waals surface area contributed by atoms with Crippen molar-refractivity contribution in [3.63, 3.8) is 0 Å². The lowest BCUT2D eigenvalue weighted by Gasteiger charge is -2.07. The number of imidazole rings is 1. The van der Waals surface area contributed by atoms with Crippen LogP contribution in [0.4, 0.5) is 5.69 Å². The van der Waals surface area contributed by atoms with E-state index in [0.29, 0.717) is 24.4 Å². The van der Waals surface area contributed by atoms with Gasteiger partial charge >= 0.3 is 5.97 Å². The molecule has 2 N–H and O–H groups in total. The molecule has 5 nitrogen and oxygen atoms in total. The summed E-state index contributed by atoms with van der Waals surface area (Å²) in [5.74, 6) is 0.537. The zero-order chi connectivity index (χ0) is 13.0. The third-order valence-corrected chi connectivity index (χ3v) is 2.61. The molecule has 0 spiro atoms. The second-order valence-corrected chi connectivity index (χ2v) is 3.93. The number of nitrogen functional groups attached to an aromatic ring is 1. The van der Waals surface area contributed by atoms with Gasteiger partial charge in [-0.1, -0.05) is 6.07 Å². The van der Waals surface area contributed by atoms with Crippen molar-refractivity contribution in [1.29, 1.82) is 0 Å². The van der Waals surface area contributed by atoms with E-state index in [9.17, 15) is 4.79 Å². The molecule has 0 amide bonds. The van der Waals surface area contributed by atoms with Crippen LogP contribution in [0.15, 0.2) is 36.7 Å². The summed E-state index contributed by atoms with van der Waals surface area (Å²) in [6.45, 7) is 2.81. The van der Waals surface area contributed by atoms with Crippen molar-refractivity contribution < 1.29 is 9.53 Å². The monoisotopic (exact) mass is 245 g/mol. The first-order chi connectivity index (χ1) is 8.66. The molecule has 0 saturated carbocycles. The van der Waals surface area contributed by atoms with Crippen LogP contribution >= 0.6 is 0 Å². The summed E-state index contributed by atoms with van der Waals surface area (Å²) in [7, 11) is 0. The Labute approximate surface area is 105 Å². The van der Waals surface area contributed by atoms with Gasteiger partial charge in [0.1, 0.15) is 12.4 Å². The van der Waals surface area contributed by atoms with Gasteiger partial charge in [-0.15, -0.1) is 0 Å². The van der Waals surface area contributed by atoms with Crippen LogP contribution in [-0.4, -0.2) is 22.1 Å². The summed E-state index contributed by atoms with van der Waals surface area (Å²) in [5.41, 5.74) is 6.62. The van der Waals surface area contributed by atoms with Crippen LogP contribution in [0.1, 0.15) is 16.2 Å². The van der Waals surface area contributed by atoms with Gasteiger partial charge in [-0.2, -0.15) is 0 Å². The van der Waals surface area contributed by atoms with Gasteiger partial charge in [0.15, 0.2) is 0 Å². The summed E-state index contributed by atoms with van der Waals surface area (Å²) in [5, 5.41) is 0. The number of aryl methyl sites for hydroxylation is 1. The summed E-state index contributed by atoms with van der Waals surface area (Å²) in [4.78, 5) is 15.8. The van der Waals surface area contributed by atoms with Gasteiger partial charge in [-0.3, -0.25) is 0 Å². The maximum Gasteiger partial charge on any atom is 0.338 e. The lowest BCUT2D eigenvalue weighted by atomic mass is 10.2.